The van der Waals surface area contributed by atoms with Crippen LogP contribution in [0.5, 0.6) is 0 Å². The van der Waals surface area contributed by atoms with E-state index >= 15 is 0 Å². The van der Waals surface area contributed by atoms with E-state index in [1.54, 1.807) is 12.3 Å². The Kier molecular flexibility index (Phi) is 2.59. The molecule has 1 aromatic rings. The SMILES string of the molecule is Cc1ccnc(C#CCO)n1. The molecule has 0 aliphatic rings. The third kappa shape index (κ3) is 2.36. The number of hydrogen-bond donors (Lipinski definition) is 1. The third-order valence-electron chi connectivity index (χ3n) is 1.07. The fourth-order valence-corrected chi connectivity index (χ4v) is 0.628. The molecule has 0 aromatic carbocycles. The van der Waals surface area contributed by atoms with Crippen molar-refractivity contribution in [1.29, 1.82) is 0 Å². The Morgan fingerprint density at radius 3 is 3.09 bits per heavy atom. The minimum atomic E-state index is -0.155. The van der Waals surface area contributed by atoms with Crippen LogP contribution in [-0.4, -0.2) is 21.7 Å². The van der Waals surface area contributed by atoms with Crippen molar-refractivity contribution in [1.82, 2.24) is 9.97 Å². The zero-order valence-corrected chi connectivity index (χ0v) is 6.20. The number of nitrogens with zero attached hydrogens (tertiary/aromatic N) is 2. The van der Waals surface area contributed by atoms with Gasteiger partial charge in [-0.15, -0.1) is 0 Å². The van der Waals surface area contributed by atoms with Crippen molar-refractivity contribution in [3.05, 3.63) is 23.8 Å². The van der Waals surface area contributed by atoms with E-state index in [1.807, 2.05) is 6.92 Å². The summed E-state index contributed by atoms with van der Waals surface area (Å²) in [5.41, 5.74) is 0.877. The number of aliphatic hydroxyl groups is 1. The van der Waals surface area contributed by atoms with Gasteiger partial charge in [0, 0.05) is 11.9 Å². The minimum Gasteiger partial charge on any atom is -0.384 e. The van der Waals surface area contributed by atoms with Gasteiger partial charge in [0.25, 0.3) is 0 Å². The normalized spacial score (nSPS) is 8.55. The molecule has 1 N–H and O–H groups in total. The molecule has 0 saturated carbocycles. The van der Waals surface area contributed by atoms with Gasteiger partial charge >= 0.3 is 0 Å². The first-order valence-corrected chi connectivity index (χ1v) is 3.22. The quantitative estimate of drug-likeness (QED) is 0.532. The summed E-state index contributed by atoms with van der Waals surface area (Å²) in [5.74, 6) is 5.54. The Morgan fingerprint density at radius 1 is 1.64 bits per heavy atom. The summed E-state index contributed by atoms with van der Waals surface area (Å²) in [6, 6.07) is 1.80. The predicted octanol–water partition coefficient (Wildman–Crippen LogP) is 0.129. The van der Waals surface area contributed by atoms with Gasteiger partial charge in [-0.2, -0.15) is 0 Å². The molecule has 0 aliphatic heterocycles. The summed E-state index contributed by atoms with van der Waals surface area (Å²) in [4.78, 5) is 7.90. The molecule has 0 unspecified atom stereocenters. The molecule has 1 rings (SSSR count). The number of hydrogen-bond acceptors (Lipinski definition) is 3. The standard InChI is InChI=1S/C8H8N2O/c1-7-4-5-9-8(10-7)3-2-6-11/h4-5,11H,6H2,1H3. The maximum absolute atomic E-state index is 8.37. The number of aliphatic hydroxyl groups excluding tert-OH is 1. The average Bonchev–Trinajstić information content (AvgIpc) is 2.01. The molecule has 3 nitrogen and oxygen atoms in total. The summed E-state index contributed by atoms with van der Waals surface area (Å²) in [5, 5.41) is 8.37. The highest BCUT2D eigenvalue weighted by atomic mass is 16.2. The van der Waals surface area contributed by atoms with Crippen LogP contribution in [0.15, 0.2) is 12.3 Å². The molecule has 0 bridgehead atoms. The van der Waals surface area contributed by atoms with Crippen LogP contribution in [0.4, 0.5) is 0 Å². The zero-order chi connectivity index (χ0) is 8.10. The molecule has 3 heteroatoms. The lowest BCUT2D eigenvalue weighted by molar-refractivity contribution is 0.350. The monoisotopic (exact) mass is 148 g/mol. The molecule has 0 fully saturated rings. The highest BCUT2D eigenvalue weighted by Gasteiger charge is 1.88. The van der Waals surface area contributed by atoms with Crippen molar-refractivity contribution < 1.29 is 5.11 Å². The lowest BCUT2D eigenvalue weighted by Gasteiger charge is -1.89. The fraction of sp³-hybridized carbons (Fsp3) is 0.250. The van der Waals surface area contributed by atoms with Gasteiger partial charge in [0.05, 0.1) is 0 Å². The van der Waals surface area contributed by atoms with Gasteiger partial charge in [-0.05, 0) is 18.9 Å². The number of aryl methyl sites for hydroxylation is 1. The largest absolute Gasteiger partial charge is 0.384 e. The molecular formula is C8H8N2O. The van der Waals surface area contributed by atoms with Crippen molar-refractivity contribution >= 4 is 0 Å². The summed E-state index contributed by atoms with van der Waals surface area (Å²) in [6.07, 6.45) is 1.64. The Balaban J connectivity index is 2.87. The molecule has 0 radical (unpaired) electrons. The van der Waals surface area contributed by atoms with Crippen LogP contribution in [-0.2, 0) is 0 Å². The maximum atomic E-state index is 8.37. The predicted molar refractivity (Wildman–Crippen MR) is 40.7 cm³/mol. The first kappa shape index (κ1) is 7.70. The van der Waals surface area contributed by atoms with E-state index in [0.717, 1.165) is 5.69 Å². The van der Waals surface area contributed by atoms with Crippen molar-refractivity contribution in [3.63, 3.8) is 0 Å². The fourth-order valence-electron chi connectivity index (χ4n) is 0.628. The van der Waals surface area contributed by atoms with E-state index in [1.165, 1.54) is 0 Å². The minimum absolute atomic E-state index is 0.155. The van der Waals surface area contributed by atoms with Gasteiger partial charge in [0.1, 0.15) is 6.61 Å². The molecule has 0 amide bonds. The van der Waals surface area contributed by atoms with Crippen molar-refractivity contribution in [2.24, 2.45) is 0 Å². The second-order valence-electron chi connectivity index (χ2n) is 1.98. The van der Waals surface area contributed by atoms with Gasteiger partial charge in [-0.25, -0.2) is 9.97 Å². The van der Waals surface area contributed by atoms with Crippen molar-refractivity contribution in [3.8, 4) is 11.8 Å². The summed E-state index contributed by atoms with van der Waals surface area (Å²) in [6.45, 7) is 1.71. The molecule has 11 heavy (non-hydrogen) atoms. The Labute approximate surface area is 65.1 Å². The van der Waals surface area contributed by atoms with Crippen LogP contribution in [0.1, 0.15) is 11.5 Å². The zero-order valence-electron chi connectivity index (χ0n) is 6.20. The van der Waals surface area contributed by atoms with E-state index in [0.29, 0.717) is 5.82 Å². The Hall–Kier alpha value is -1.40. The molecule has 1 heterocycles. The molecular weight excluding hydrogens is 140 g/mol. The van der Waals surface area contributed by atoms with Gasteiger partial charge < -0.3 is 5.11 Å². The van der Waals surface area contributed by atoms with Gasteiger partial charge in [-0.3, -0.25) is 0 Å². The summed E-state index contributed by atoms with van der Waals surface area (Å²) < 4.78 is 0. The summed E-state index contributed by atoms with van der Waals surface area (Å²) >= 11 is 0. The Morgan fingerprint density at radius 2 is 2.45 bits per heavy atom. The maximum Gasteiger partial charge on any atom is 0.205 e. The smallest absolute Gasteiger partial charge is 0.205 e. The number of aromatic nitrogens is 2. The Bertz CT molecular complexity index is 298. The van der Waals surface area contributed by atoms with E-state index in [4.69, 9.17) is 5.11 Å². The highest BCUT2D eigenvalue weighted by Crippen LogP contribution is 1.90. The average molecular weight is 148 g/mol. The van der Waals surface area contributed by atoms with Crippen LogP contribution in [0.3, 0.4) is 0 Å². The highest BCUT2D eigenvalue weighted by molar-refractivity contribution is 5.21. The van der Waals surface area contributed by atoms with Crippen LogP contribution in [0, 0.1) is 18.8 Å². The molecule has 0 saturated heterocycles. The van der Waals surface area contributed by atoms with Crippen LogP contribution in [0.25, 0.3) is 0 Å². The molecule has 0 spiro atoms. The third-order valence-corrected chi connectivity index (χ3v) is 1.07. The van der Waals surface area contributed by atoms with Gasteiger partial charge in [-0.1, -0.05) is 5.92 Å². The first-order valence-electron chi connectivity index (χ1n) is 3.22. The lowest BCUT2D eigenvalue weighted by atomic mass is 10.4. The summed E-state index contributed by atoms with van der Waals surface area (Å²) in [7, 11) is 0. The van der Waals surface area contributed by atoms with Crippen molar-refractivity contribution in [2.45, 2.75) is 6.92 Å². The van der Waals surface area contributed by atoms with Crippen LogP contribution < -0.4 is 0 Å². The van der Waals surface area contributed by atoms with Crippen LogP contribution in [0.2, 0.25) is 0 Å². The number of rotatable bonds is 0. The molecule has 1 aromatic heterocycles. The van der Waals surface area contributed by atoms with E-state index in [2.05, 4.69) is 21.8 Å². The lowest BCUT2D eigenvalue weighted by Crippen LogP contribution is -1.89. The molecule has 0 aliphatic carbocycles. The van der Waals surface area contributed by atoms with Crippen molar-refractivity contribution in [2.75, 3.05) is 6.61 Å². The van der Waals surface area contributed by atoms with E-state index in [9.17, 15) is 0 Å². The van der Waals surface area contributed by atoms with Gasteiger partial charge in [0.15, 0.2) is 0 Å². The second kappa shape index (κ2) is 3.69. The van der Waals surface area contributed by atoms with E-state index < -0.39 is 0 Å². The molecule has 56 valence electrons. The molecule has 0 atom stereocenters. The van der Waals surface area contributed by atoms with Crippen LogP contribution >= 0.6 is 0 Å². The second-order valence-corrected chi connectivity index (χ2v) is 1.98. The van der Waals surface area contributed by atoms with E-state index in [-0.39, 0.29) is 6.61 Å². The first-order chi connectivity index (χ1) is 5.33. The van der Waals surface area contributed by atoms with Gasteiger partial charge in [0.2, 0.25) is 5.82 Å². The topological polar surface area (TPSA) is 46.0 Å².